The molecule has 3 aromatic carbocycles. The van der Waals surface area contributed by atoms with E-state index < -0.39 is 15.9 Å². The molecule has 0 saturated carbocycles. The van der Waals surface area contributed by atoms with Crippen molar-refractivity contribution in [3.8, 4) is 11.5 Å². The summed E-state index contributed by atoms with van der Waals surface area (Å²) in [5.41, 5.74) is 0.383. The summed E-state index contributed by atoms with van der Waals surface area (Å²) in [5.74, 6) is 0.618. The van der Waals surface area contributed by atoms with Crippen LogP contribution in [0.2, 0.25) is 5.02 Å². The third-order valence-electron chi connectivity index (χ3n) is 4.57. The molecule has 0 aliphatic heterocycles. The fourth-order valence-electron chi connectivity index (χ4n) is 3.01. The molecular formula is C24H25ClN2O5S. The van der Waals surface area contributed by atoms with Gasteiger partial charge in [-0.3, -0.25) is 9.10 Å². The van der Waals surface area contributed by atoms with Crippen LogP contribution in [0.15, 0.2) is 83.8 Å². The van der Waals surface area contributed by atoms with Gasteiger partial charge in [0.25, 0.3) is 10.0 Å². The third kappa shape index (κ3) is 6.63. The van der Waals surface area contributed by atoms with Crippen molar-refractivity contribution < 1.29 is 22.7 Å². The predicted molar refractivity (Wildman–Crippen MR) is 129 cm³/mol. The van der Waals surface area contributed by atoms with Crippen LogP contribution in [0.1, 0.15) is 6.92 Å². The molecule has 0 fully saturated rings. The minimum atomic E-state index is -3.99. The summed E-state index contributed by atoms with van der Waals surface area (Å²) in [6.07, 6.45) is 0. The number of halogens is 1. The summed E-state index contributed by atoms with van der Waals surface area (Å²) < 4.78 is 38.7. The molecule has 7 nitrogen and oxygen atoms in total. The molecule has 0 unspecified atom stereocenters. The fraction of sp³-hybridized carbons (Fsp3) is 0.208. The van der Waals surface area contributed by atoms with Gasteiger partial charge in [0.1, 0.15) is 24.7 Å². The van der Waals surface area contributed by atoms with Gasteiger partial charge in [-0.15, -0.1) is 0 Å². The Morgan fingerprint density at radius 2 is 1.61 bits per heavy atom. The molecule has 1 amide bonds. The van der Waals surface area contributed by atoms with E-state index in [0.717, 1.165) is 4.31 Å². The normalized spacial score (nSPS) is 11.0. The summed E-state index contributed by atoms with van der Waals surface area (Å²) in [5, 5.41) is 3.16. The van der Waals surface area contributed by atoms with Gasteiger partial charge in [-0.2, -0.15) is 0 Å². The topological polar surface area (TPSA) is 84.9 Å². The molecule has 0 aliphatic rings. The van der Waals surface area contributed by atoms with E-state index >= 15 is 0 Å². The number of anilines is 1. The number of hydrogen-bond acceptors (Lipinski definition) is 5. The molecular weight excluding hydrogens is 464 g/mol. The van der Waals surface area contributed by atoms with Gasteiger partial charge < -0.3 is 14.8 Å². The Morgan fingerprint density at radius 1 is 0.939 bits per heavy atom. The van der Waals surface area contributed by atoms with Gasteiger partial charge >= 0.3 is 0 Å². The van der Waals surface area contributed by atoms with Gasteiger partial charge in [-0.1, -0.05) is 41.9 Å². The van der Waals surface area contributed by atoms with Crippen molar-refractivity contribution in [3.05, 3.63) is 83.9 Å². The highest BCUT2D eigenvalue weighted by molar-refractivity contribution is 7.92. The predicted octanol–water partition coefficient (Wildman–Crippen LogP) is 4.13. The molecule has 1 N–H and O–H groups in total. The zero-order valence-corrected chi connectivity index (χ0v) is 19.7. The van der Waals surface area contributed by atoms with Crippen molar-refractivity contribution in [3.63, 3.8) is 0 Å². The number of benzene rings is 3. The molecule has 0 aliphatic carbocycles. The summed E-state index contributed by atoms with van der Waals surface area (Å²) in [4.78, 5) is 12.7. The summed E-state index contributed by atoms with van der Waals surface area (Å²) in [6, 6.07) is 21.6. The highest BCUT2D eigenvalue weighted by Crippen LogP contribution is 2.25. The molecule has 0 spiro atoms. The van der Waals surface area contributed by atoms with Crippen molar-refractivity contribution in [1.82, 2.24) is 5.32 Å². The lowest BCUT2D eigenvalue weighted by Gasteiger charge is -2.24. The van der Waals surface area contributed by atoms with E-state index in [-0.39, 0.29) is 24.6 Å². The SMILES string of the molecule is CCOc1ccc(S(=O)(=O)N(CC(=O)NCCOc2ccccc2Cl)c2ccccc2)cc1. The second-order valence-electron chi connectivity index (χ2n) is 6.88. The van der Waals surface area contributed by atoms with Crippen LogP contribution in [0.25, 0.3) is 0 Å². The van der Waals surface area contributed by atoms with Crippen LogP contribution in [-0.4, -0.2) is 40.6 Å². The molecule has 0 saturated heterocycles. The van der Waals surface area contributed by atoms with Crippen molar-refractivity contribution in [2.24, 2.45) is 0 Å². The maximum Gasteiger partial charge on any atom is 0.264 e. The van der Waals surface area contributed by atoms with Crippen LogP contribution in [0.3, 0.4) is 0 Å². The average Bonchev–Trinajstić information content (AvgIpc) is 2.82. The van der Waals surface area contributed by atoms with Gasteiger partial charge in [0.15, 0.2) is 0 Å². The largest absolute Gasteiger partial charge is 0.494 e. The molecule has 0 atom stereocenters. The lowest BCUT2D eigenvalue weighted by molar-refractivity contribution is -0.119. The zero-order chi connectivity index (χ0) is 23.7. The monoisotopic (exact) mass is 488 g/mol. The lowest BCUT2D eigenvalue weighted by Crippen LogP contribution is -2.41. The van der Waals surface area contributed by atoms with Gasteiger partial charge in [-0.25, -0.2) is 8.42 Å². The standard InChI is InChI=1S/C24H25ClN2O5S/c1-2-31-20-12-14-21(15-13-20)33(29,30)27(19-8-4-3-5-9-19)18-24(28)26-16-17-32-23-11-7-6-10-22(23)25/h3-15H,2,16-18H2,1H3,(H,26,28). The molecule has 9 heteroatoms. The number of carbonyl (C=O) groups is 1. The summed E-state index contributed by atoms with van der Waals surface area (Å²) in [6.45, 7) is 2.32. The maximum absolute atomic E-state index is 13.4. The van der Waals surface area contributed by atoms with Crippen molar-refractivity contribution >= 4 is 33.2 Å². The first-order chi connectivity index (χ1) is 15.9. The van der Waals surface area contributed by atoms with Gasteiger partial charge in [-0.05, 0) is 55.5 Å². The maximum atomic E-state index is 13.4. The third-order valence-corrected chi connectivity index (χ3v) is 6.67. The first kappa shape index (κ1) is 24.4. The minimum absolute atomic E-state index is 0.0599. The van der Waals surface area contributed by atoms with E-state index in [1.807, 2.05) is 6.92 Å². The number of hydrogen-bond donors (Lipinski definition) is 1. The quantitative estimate of drug-likeness (QED) is 0.410. The number of nitrogens with one attached hydrogen (secondary N) is 1. The number of rotatable bonds is 11. The summed E-state index contributed by atoms with van der Waals surface area (Å²) in [7, 11) is -3.99. The van der Waals surface area contributed by atoms with Crippen LogP contribution in [-0.2, 0) is 14.8 Å². The number of sulfonamides is 1. The number of ether oxygens (including phenoxy) is 2. The van der Waals surface area contributed by atoms with Crippen molar-refractivity contribution in [2.75, 3.05) is 30.6 Å². The Kier molecular flexibility index (Phi) is 8.57. The molecule has 0 radical (unpaired) electrons. The Hall–Kier alpha value is -3.23. The Morgan fingerprint density at radius 3 is 2.27 bits per heavy atom. The van der Waals surface area contributed by atoms with E-state index in [1.54, 1.807) is 66.7 Å². The highest BCUT2D eigenvalue weighted by Gasteiger charge is 2.27. The molecule has 0 aromatic heterocycles. The molecule has 174 valence electrons. The van der Waals surface area contributed by atoms with Gasteiger partial charge in [0.2, 0.25) is 5.91 Å². The van der Waals surface area contributed by atoms with Crippen LogP contribution in [0, 0.1) is 0 Å². The average molecular weight is 489 g/mol. The molecule has 0 heterocycles. The van der Waals surface area contributed by atoms with Crippen molar-refractivity contribution in [2.45, 2.75) is 11.8 Å². The molecule has 0 bridgehead atoms. The van der Waals surface area contributed by atoms with Gasteiger partial charge in [0, 0.05) is 0 Å². The Labute approximate surface area is 198 Å². The fourth-order valence-corrected chi connectivity index (χ4v) is 4.62. The van der Waals surface area contributed by atoms with E-state index in [4.69, 9.17) is 21.1 Å². The number of carbonyl (C=O) groups excluding carboxylic acids is 1. The second-order valence-corrected chi connectivity index (χ2v) is 9.15. The first-order valence-electron chi connectivity index (χ1n) is 10.4. The number of para-hydroxylation sites is 2. The molecule has 3 aromatic rings. The highest BCUT2D eigenvalue weighted by atomic mass is 35.5. The van der Waals surface area contributed by atoms with E-state index in [9.17, 15) is 13.2 Å². The number of amides is 1. The van der Waals surface area contributed by atoms with E-state index in [0.29, 0.717) is 28.8 Å². The lowest BCUT2D eigenvalue weighted by atomic mass is 10.3. The Bertz CT molecular complexity index is 1150. The summed E-state index contributed by atoms with van der Waals surface area (Å²) >= 11 is 6.04. The Balaban J connectivity index is 1.69. The van der Waals surface area contributed by atoms with Crippen molar-refractivity contribution in [1.29, 1.82) is 0 Å². The van der Waals surface area contributed by atoms with Crippen LogP contribution in [0.4, 0.5) is 5.69 Å². The minimum Gasteiger partial charge on any atom is -0.494 e. The number of nitrogens with zero attached hydrogens (tertiary/aromatic N) is 1. The molecule has 3 rings (SSSR count). The molecule has 33 heavy (non-hydrogen) atoms. The first-order valence-corrected chi connectivity index (χ1v) is 12.2. The smallest absolute Gasteiger partial charge is 0.264 e. The van der Waals surface area contributed by atoms with Crippen LogP contribution < -0.4 is 19.1 Å². The van der Waals surface area contributed by atoms with E-state index in [1.165, 1.54) is 12.1 Å². The van der Waals surface area contributed by atoms with E-state index in [2.05, 4.69) is 5.32 Å². The van der Waals surface area contributed by atoms with Crippen LogP contribution >= 0.6 is 11.6 Å². The van der Waals surface area contributed by atoms with Gasteiger partial charge in [0.05, 0.1) is 28.8 Å². The van der Waals surface area contributed by atoms with Crippen LogP contribution in [0.5, 0.6) is 11.5 Å². The second kappa shape index (κ2) is 11.6. The zero-order valence-electron chi connectivity index (χ0n) is 18.1.